The van der Waals surface area contributed by atoms with Crippen molar-refractivity contribution in [3.05, 3.63) is 42.4 Å². The van der Waals surface area contributed by atoms with Crippen molar-refractivity contribution in [2.24, 2.45) is 7.05 Å². The zero-order valence-electron chi connectivity index (χ0n) is 14.4. The van der Waals surface area contributed by atoms with Crippen LogP contribution in [0, 0.1) is 0 Å². The first-order chi connectivity index (χ1) is 12.1. The second kappa shape index (κ2) is 6.92. The number of likely N-dealkylation sites (tertiary alicyclic amines) is 1. The number of likely N-dealkylation sites (N-methyl/N-ethyl adjacent to an activating group) is 1. The summed E-state index contributed by atoms with van der Waals surface area (Å²) in [6.07, 6.45) is 5.92. The van der Waals surface area contributed by atoms with E-state index >= 15 is 0 Å². The zero-order chi connectivity index (χ0) is 17.9. The van der Waals surface area contributed by atoms with Crippen LogP contribution in [0.3, 0.4) is 0 Å². The van der Waals surface area contributed by atoms with Crippen molar-refractivity contribution in [3.8, 4) is 0 Å². The Hall–Kier alpha value is -2.90. The van der Waals surface area contributed by atoms with Crippen molar-refractivity contribution in [3.63, 3.8) is 0 Å². The van der Waals surface area contributed by atoms with Crippen LogP contribution in [-0.4, -0.2) is 57.2 Å². The summed E-state index contributed by atoms with van der Waals surface area (Å²) in [6, 6.07) is 5.33. The minimum atomic E-state index is -0.756. The lowest BCUT2D eigenvalue weighted by atomic mass is 9.86. The Morgan fingerprint density at radius 1 is 1.20 bits per heavy atom. The average molecular weight is 342 g/mol. The zero-order valence-corrected chi connectivity index (χ0v) is 14.4. The number of nitrogens with zero attached hydrogens (tertiary/aromatic N) is 4. The molecule has 1 aliphatic rings. The van der Waals surface area contributed by atoms with Gasteiger partial charge in [-0.15, -0.1) is 0 Å². The van der Waals surface area contributed by atoms with Crippen LogP contribution in [0.5, 0.6) is 0 Å². The molecule has 0 spiro atoms. The number of rotatable bonds is 4. The molecule has 3 heterocycles. The van der Waals surface area contributed by atoms with Crippen molar-refractivity contribution in [1.82, 2.24) is 25.0 Å². The molecule has 1 fully saturated rings. The average Bonchev–Trinajstić information content (AvgIpc) is 3.06. The van der Waals surface area contributed by atoms with Crippen molar-refractivity contribution in [2.75, 3.05) is 25.5 Å². The molecule has 0 bridgehead atoms. The lowest BCUT2D eigenvalue weighted by Gasteiger charge is -2.41. The summed E-state index contributed by atoms with van der Waals surface area (Å²) in [4.78, 5) is 30.9. The SMILES string of the molecule is CNC(=O)C1(Nc2ccnn2C)CCN(C(=O)c2cccnc2)CC1. The lowest BCUT2D eigenvalue weighted by Crippen LogP contribution is -2.58. The smallest absolute Gasteiger partial charge is 0.255 e. The molecule has 0 atom stereocenters. The molecule has 0 aliphatic carbocycles. The van der Waals surface area contributed by atoms with Crippen LogP contribution >= 0.6 is 0 Å². The molecular weight excluding hydrogens is 320 g/mol. The molecule has 0 saturated carbocycles. The summed E-state index contributed by atoms with van der Waals surface area (Å²) in [5.41, 5.74) is -0.191. The van der Waals surface area contributed by atoms with E-state index in [1.807, 2.05) is 13.1 Å². The Kier molecular flexibility index (Phi) is 4.69. The van der Waals surface area contributed by atoms with Crippen LogP contribution in [0.1, 0.15) is 23.2 Å². The predicted molar refractivity (Wildman–Crippen MR) is 93.0 cm³/mol. The molecule has 1 saturated heterocycles. The normalized spacial score (nSPS) is 16.3. The van der Waals surface area contributed by atoms with Gasteiger partial charge in [0.1, 0.15) is 11.4 Å². The highest BCUT2D eigenvalue weighted by Gasteiger charge is 2.42. The molecule has 8 nitrogen and oxygen atoms in total. The van der Waals surface area contributed by atoms with Crippen LogP contribution in [0.15, 0.2) is 36.8 Å². The molecule has 1 aliphatic heterocycles. The first-order valence-electron chi connectivity index (χ1n) is 8.23. The van der Waals surface area contributed by atoms with E-state index in [0.29, 0.717) is 31.5 Å². The number of amides is 2. The van der Waals surface area contributed by atoms with Gasteiger partial charge in [-0.3, -0.25) is 19.3 Å². The summed E-state index contributed by atoms with van der Waals surface area (Å²) in [5.74, 6) is 0.636. The summed E-state index contributed by atoms with van der Waals surface area (Å²) in [5, 5.41) is 10.2. The fraction of sp³-hybridized carbons (Fsp3) is 0.412. The molecule has 0 unspecified atom stereocenters. The van der Waals surface area contributed by atoms with Gasteiger partial charge in [-0.2, -0.15) is 5.10 Å². The number of pyridine rings is 1. The third-order valence-corrected chi connectivity index (χ3v) is 4.66. The largest absolute Gasteiger partial charge is 0.357 e. The van der Waals surface area contributed by atoms with E-state index in [-0.39, 0.29) is 11.8 Å². The molecular formula is C17H22N6O2. The van der Waals surface area contributed by atoms with E-state index in [1.54, 1.807) is 47.4 Å². The predicted octanol–water partition coefficient (Wildman–Crippen LogP) is 0.648. The third-order valence-electron chi connectivity index (χ3n) is 4.66. The number of hydrogen-bond donors (Lipinski definition) is 2. The molecule has 0 radical (unpaired) electrons. The van der Waals surface area contributed by atoms with E-state index in [0.717, 1.165) is 5.82 Å². The molecule has 25 heavy (non-hydrogen) atoms. The van der Waals surface area contributed by atoms with Gasteiger partial charge >= 0.3 is 0 Å². The summed E-state index contributed by atoms with van der Waals surface area (Å²) in [6.45, 7) is 0.984. The number of aryl methyl sites for hydroxylation is 1. The van der Waals surface area contributed by atoms with Crippen LogP contribution in [0.2, 0.25) is 0 Å². The third kappa shape index (κ3) is 3.33. The Balaban J connectivity index is 1.75. The van der Waals surface area contributed by atoms with Crippen LogP contribution in [-0.2, 0) is 11.8 Å². The first-order valence-corrected chi connectivity index (χ1v) is 8.23. The Labute approximate surface area is 146 Å². The number of carbonyl (C=O) groups is 2. The van der Waals surface area contributed by atoms with Gasteiger partial charge in [-0.25, -0.2) is 0 Å². The molecule has 2 aromatic rings. The molecule has 8 heteroatoms. The second-order valence-corrected chi connectivity index (χ2v) is 6.16. The van der Waals surface area contributed by atoms with Gasteiger partial charge in [0.05, 0.1) is 11.8 Å². The highest BCUT2D eigenvalue weighted by molar-refractivity contribution is 5.94. The minimum Gasteiger partial charge on any atom is -0.357 e. The number of hydrogen-bond acceptors (Lipinski definition) is 5. The fourth-order valence-electron chi connectivity index (χ4n) is 3.15. The van der Waals surface area contributed by atoms with Crippen LogP contribution in [0.4, 0.5) is 5.82 Å². The Bertz CT molecular complexity index is 750. The number of piperidine rings is 1. The second-order valence-electron chi connectivity index (χ2n) is 6.16. The number of carbonyl (C=O) groups excluding carboxylic acids is 2. The highest BCUT2D eigenvalue weighted by Crippen LogP contribution is 2.28. The van der Waals surface area contributed by atoms with Gasteiger partial charge in [0.25, 0.3) is 5.91 Å². The fourth-order valence-corrected chi connectivity index (χ4v) is 3.15. The Morgan fingerprint density at radius 2 is 1.96 bits per heavy atom. The monoisotopic (exact) mass is 342 g/mol. The van der Waals surface area contributed by atoms with Crippen LogP contribution in [0.25, 0.3) is 0 Å². The van der Waals surface area contributed by atoms with Crippen molar-refractivity contribution in [2.45, 2.75) is 18.4 Å². The highest BCUT2D eigenvalue weighted by atomic mass is 16.2. The maximum absolute atomic E-state index is 12.6. The molecule has 2 amide bonds. The van der Waals surface area contributed by atoms with Gasteiger partial charge in [0.15, 0.2) is 0 Å². The van der Waals surface area contributed by atoms with Gasteiger partial charge < -0.3 is 15.5 Å². The van der Waals surface area contributed by atoms with Crippen molar-refractivity contribution in [1.29, 1.82) is 0 Å². The van der Waals surface area contributed by atoms with Crippen molar-refractivity contribution >= 4 is 17.6 Å². The molecule has 0 aromatic carbocycles. The molecule has 2 N–H and O–H groups in total. The molecule has 2 aromatic heterocycles. The molecule has 3 rings (SSSR count). The Morgan fingerprint density at radius 3 is 2.52 bits per heavy atom. The maximum atomic E-state index is 12.6. The molecule has 132 valence electrons. The minimum absolute atomic E-state index is 0.0564. The number of nitrogens with one attached hydrogen (secondary N) is 2. The van der Waals surface area contributed by atoms with Gasteiger partial charge in [0.2, 0.25) is 5.91 Å². The quantitative estimate of drug-likeness (QED) is 0.851. The van der Waals surface area contributed by atoms with Gasteiger partial charge in [0, 0.05) is 45.6 Å². The lowest BCUT2D eigenvalue weighted by molar-refractivity contribution is -0.126. The van der Waals surface area contributed by atoms with E-state index in [2.05, 4.69) is 20.7 Å². The van der Waals surface area contributed by atoms with E-state index in [4.69, 9.17) is 0 Å². The van der Waals surface area contributed by atoms with E-state index in [1.165, 1.54) is 0 Å². The summed E-state index contributed by atoms with van der Waals surface area (Å²) >= 11 is 0. The maximum Gasteiger partial charge on any atom is 0.255 e. The topological polar surface area (TPSA) is 92.2 Å². The number of aromatic nitrogens is 3. The summed E-state index contributed by atoms with van der Waals surface area (Å²) < 4.78 is 1.69. The van der Waals surface area contributed by atoms with E-state index < -0.39 is 5.54 Å². The van der Waals surface area contributed by atoms with Gasteiger partial charge in [-0.05, 0) is 25.0 Å². The van der Waals surface area contributed by atoms with Crippen LogP contribution < -0.4 is 10.6 Å². The van der Waals surface area contributed by atoms with E-state index in [9.17, 15) is 9.59 Å². The standard InChI is InChI=1S/C17H22N6O2/c1-18-16(25)17(21-14-5-9-20-22(14)2)6-10-23(11-7-17)15(24)13-4-3-8-19-12-13/h3-5,8-9,12,21H,6-7,10-11H2,1-2H3,(H,18,25). The van der Waals surface area contributed by atoms with Crippen molar-refractivity contribution < 1.29 is 9.59 Å². The first kappa shape index (κ1) is 16.9. The van der Waals surface area contributed by atoms with Gasteiger partial charge in [-0.1, -0.05) is 0 Å². The number of anilines is 1. The summed E-state index contributed by atoms with van der Waals surface area (Å²) in [7, 11) is 3.45.